The number of hydrogen-bond donors (Lipinski definition) is 0. The molecule has 0 N–H and O–H groups in total. The summed E-state index contributed by atoms with van der Waals surface area (Å²) in [4.78, 5) is 2.46. The third-order valence-electron chi connectivity index (χ3n) is 11.6. The van der Waals surface area contributed by atoms with Crippen LogP contribution >= 0.6 is 0 Å². The minimum Gasteiger partial charge on any atom is -0.308 e. The highest BCUT2D eigenvalue weighted by Gasteiger charge is 2.46. The van der Waals surface area contributed by atoms with Crippen LogP contribution < -0.4 is 4.90 Å². The van der Waals surface area contributed by atoms with Gasteiger partial charge < -0.3 is 9.47 Å². The maximum absolute atomic E-state index is 2.46. The maximum atomic E-state index is 2.46. The fourth-order valence-electron chi connectivity index (χ4n) is 9.34. The lowest BCUT2D eigenvalue weighted by Crippen LogP contribution is -2.28. The molecule has 0 bridgehead atoms. The van der Waals surface area contributed by atoms with E-state index >= 15 is 0 Å². The molecule has 1 heterocycles. The van der Waals surface area contributed by atoms with E-state index in [1.807, 2.05) is 0 Å². The van der Waals surface area contributed by atoms with Gasteiger partial charge in [0.05, 0.1) is 22.1 Å². The smallest absolute Gasteiger partial charge is 0.0782 e. The van der Waals surface area contributed by atoms with Gasteiger partial charge in [-0.3, -0.25) is 0 Å². The fraction of sp³-hybridized carbons (Fsp3) is 0.0189. The van der Waals surface area contributed by atoms with E-state index in [2.05, 4.69) is 228 Å². The average Bonchev–Trinajstić information content (AvgIpc) is 3.76. The largest absolute Gasteiger partial charge is 0.308 e. The van der Waals surface area contributed by atoms with Gasteiger partial charge in [0.2, 0.25) is 0 Å². The Balaban J connectivity index is 1.22. The Morgan fingerprint density at radius 2 is 1.00 bits per heavy atom. The van der Waals surface area contributed by atoms with Gasteiger partial charge in [0.25, 0.3) is 0 Å². The summed E-state index contributed by atoms with van der Waals surface area (Å²) in [6.45, 7) is 0. The molecule has 0 saturated heterocycles. The third-order valence-corrected chi connectivity index (χ3v) is 11.6. The minimum absolute atomic E-state index is 0.501. The van der Waals surface area contributed by atoms with Crippen LogP contribution in [-0.4, -0.2) is 4.57 Å². The van der Waals surface area contributed by atoms with Crippen molar-refractivity contribution in [2.45, 2.75) is 5.41 Å². The third kappa shape index (κ3) is 4.68. The molecular formula is C53H36N2. The van der Waals surface area contributed by atoms with Crippen molar-refractivity contribution >= 4 is 49.6 Å². The molecule has 0 aliphatic heterocycles. The van der Waals surface area contributed by atoms with Crippen molar-refractivity contribution in [1.29, 1.82) is 0 Å². The standard InChI is InChI=1S/C53H36N2/c1-4-19-39(20-5-1)53(40-21-6-2-7-22-40)48-28-14-12-25-44(48)45-34-33-43(36-49(45)53)54(41-23-8-3-9-24-41)51-30-16-27-47-46-26-13-15-29-50(46)55(52(47)51)42-32-31-37-17-10-11-18-38(37)35-42/h1-36H. The molecule has 1 aliphatic rings. The first-order valence-electron chi connectivity index (χ1n) is 19.0. The van der Waals surface area contributed by atoms with Crippen LogP contribution in [0.3, 0.4) is 0 Å². The Bertz CT molecular complexity index is 2990. The molecule has 10 aromatic rings. The molecular weight excluding hydrogens is 665 g/mol. The van der Waals surface area contributed by atoms with Crippen molar-refractivity contribution in [3.05, 3.63) is 241 Å². The molecule has 0 amide bonds. The summed E-state index contributed by atoms with van der Waals surface area (Å²) in [7, 11) is 0. The van der Waals surface area contributed by atoms with E-state index < -0.39 is 5.41 Å². The second-order valence-corrected chi connectivity index (χ2v) is 14.5. The zero-order valence-electron chi connectivity index (χ0n) is 30.2. The second kappa shape index (κ2) is 12.5. The summed E-state index contributed by atoms with van der Waals surface area (Å²) < 4.78 is 2.46. The highest BCUT2D eigenvalue weighted by atomic mass is 15.2. The van der Waals surface area contributed by atoms with Crippen LogP contribution in [0.15, 0.2) is 218 Å². The molecule has 258 valence electrons. The summed E-state index contributed by atoms with van der Waals surface area (Å²) >= 11 is 0. The van der Waals surface area contributed by atoms with Gasteiger partial charge >= 0.3 is 0 Å². The predicted octanol–water partition coefficient (Wildman–Crippen LogP) is 13.8. The fourth-order valence-corrected chi connectivity index (χ4v) is 9.34. The zero-order chi connectivity index (χ0) is 36.3. The highest BCUT2D eigenvalue weighted by Crippen LogP contribution is 2.57. The Kier molecular flexibility index (Phi) is 7.11. The number of anilines is 3. The van der Waals surface area contributed by atoms with Crippen molar-refractivity contribution in [2.75, 3.05) is 4.90 Å². The van der Waals surface area contributed by atoms with Gasteiger partial charge in [-0.05, 0) is 92.7 Å². The molecule has 0 spiro atoms. The van der Waals surface area contributed by atoms with Gasteiger partial charge in [-0.1, -0.05) is 170 Å². The molecule has 55 heavy (non-hydrogen) atoms. The first-order valence-corrected chi connectivity index (χ1v) is 19.0. The van der Waals surface area contributed by atoms with Gasteiger partial charge in [0.1, 0.15) is 0 Å². The Morgan fingerprint density at radius 1 is 0.382 bits per heavy atom. The number of fused-ring (bicyclic) bond motifs is 7. The van der Waals surface area contributed by atoms with Crippen LogP contribution in [0.25, 0.3) is 49.4 Å². The van der Waals surface area contributed by atoms with Crippen LogP contribution in [0, 0.1) is 0 Å². The molecule has 0 unspecified atom stereocenters. The quantitative estimate of drug-likeness (QED) is 0.168. The Labute approximate surface area is 320 Å². The molecule has 1 aromatic heterocycles. The SMILES string of the molecule is c1ccc(N(c2ccc3c(c2)C(c2ccccc2)(c2ccccc2)c2ccccc2-3)c2cccc3c4ccccc4n(-c4ccc5ccccc5c4)c23)cc1. The van der Waals surface area contributed by atoms with Gasteiger partial charge in [-0.2, -0.15) is 0 Å². The highest BCUT2D eigenvalue weighted by molar-refractivity contribution is 6.14. The van der Waals surface area contributed by atoms with Crippen molar-refractivity contribution in [2.24, 2.45) is 0 Å². The lowest BCUT2D eigenvalue weighted by Gasteiger charge is -2.35. The lowest BCUT2D eigenvalue weighted by atomic mass is 9.67. The van der Waals surface area contributed by atoms with Gasteiger partial charge in [0.15, 0.2) is 0 Å². The monoisotopic (exact) mass is 700 g/mol. The average molecular weight is 701 g/mol. The van der Waals surface area contributed by atoms with Crippen LogP contribution in [-0.2, 0) is 5.41 Å². The lowest BCUT2D eigenvalue weighted by molar-refractivity contribution is 0.768. The molecule has 0 radical (unpaired) electrons. The summed E-state index contributed by atoms with van der Waals surface area (Å²) in [6, 6.07) is 80.1. The van der Waals surface area contributed by atoms with E-state index in [0.29, 0.717) is 0 Å². The molecule has 2 nitrogen and oxygen atoms in total. The first-order chi connectivity index (χ1) is 27.3. The molecule has 0 fully saturated rings. The minimum atomic E-state index is -0.501. The topological polar surface area (TPSA) is 8.17 Å². The van der Waals surface area contributed by atoms with Crippen molar-refractivity contribution in [3.63, 3.8) is 0 Å². The number of rotatable bonds is 6. The van der Waals surface area contributed by atoms with E-state index in [-0.39, 0.29) is 0 Å². The van der Waals surface area contributed by atoms with Gasteiger partial charge in [-0.25, -0.2) is 0 Å². The molecule has 2 heteroatoms. The molecule has 0 atom stereocenters. The van der Waals surface area contributed by atoms with E-state index in [1.54, 1.807) is 0 Å². The maximum Gasteiger partial charge on any atom is 0.0782 e. The number of para-hydroxylation sites is 3. The Morgan fingerprint density at radius 3 is 1.78 bits per heavy atom. The second-order valence-electron chi connectivity index (χ2n) is 14.5. The summed E-state index contributed by atoms with van der Waals surface area (Å²) in [5.74, 6) is 0. The number of aromatic nitrogens is 1. The molecule has 0 saturated carbocycles. The summed E-state index contributed by atoms with van der Waals surface area (Å²) in [5, 5.41) is 4.91. The summed E-state index contributed by atoms with van der Waals surface area (Å²) in [6.07, 6.45) is 0. The normalized spacial score (nSPS) is 12.9. The summed E-state index contributed by atoms with van der Waals surface area (Å²) in [5.41, 5.74) is 14.0. The van der Waals surface area contributed by atoms with Crippen LogP contribution in [0.5, 0.6) is 0 Å². The van der Waals surface area contributed by atoms with E-state index in [4.69, 9.17) is 0 Å². The van der Waals surface area contributed by atoms with Crippen molar-refractivity contribution in [1.82, 2.24) is 4.57 Å². The van der Waals surface area contributed by atoms with Gasteiger partial charge in [-0.15, -0.1) is 0 Å². The van der Waals surface area contributed by atoms with Crippen LogP contribution in [0.4, 0.5) is 17.1 Å². The van der Waals surface area contributed by atoms with Crippen molar-refractivity contribution < 1.29 is 0 Å². The van der Waals surface area contributed by atoms with E-state index in [1.165, 1.54) is 66.0 Å². The number of benzene rings is 9. The molecule has 11 rings (SSSR count). The van der Waals surface area contributed by atoms with Crippen LogP contribution in [0.2, 0.25) is 0 Å². The first kappa shape index (κ1) is 31.4. The number of hydrogen-bond acceptors (Lipinski definition) is 1. The van der Waals surface area contributed by atoms with E-state index in [9.17, 15) is 0 Å². The van der Waals surface area contributed by atoms with Crippen molar-refractivity contribution in [3.8, 4) is 16.8 Å². The molecule has 9 aromatic carbocycles. The van der Waals surface area contributed by atoms with Crippen LogP contribution in [0.1, 0.15) is 22.3 Å². The zero-order valence-corrected chi connectivity index (χ0v) is 30.2. The molecule has 1 aliphatic carbocycles. The van der Waals surface area contributed by atoms with E-state index in [0.717, 1.165) is 22.7 Å². The Hall–Kier alpha value is -7.16. The van der Waals surface area contributed by atoms with Gasteiger partial charge in [0, 0.05) is 27.8 Å². The number of nitrogens with zero attached hydrogens (tertiary/aromatic N) is 2. The predicted molar refractivity (Wildman–Crippen MR) is 230 cm³/mol.